The third kappa shape index (κ3) is 3.16. The summed E-state index contributed by atoms with van der Waals surface area (Å²) in [6, 6.07) is 2.55. The summed E-state index contributed by atoms with van der Waals surface area (Å²) in [4.78, 5) is 4.59. The Morgan fingerprint density at radius 2 is 1.57 bits per heavy atom. The quantitative estimate of drug-likeness (QED) is 0.922. The molecule has 0 aliphatic rings. The van der Waals surface area contributed by atoms with Crippen molar-refractivity contribution in [2.24, 2.45) is 0 Å². The number of nitrogens with one attached hydrogen (secondary N) is 1. The highest BCUT2D eigenvalue weighted by atomic mass is 16.5. The highest BCUT2D eigenvalue weighted by molar-refractivity contribution is 5.34. The first-order valence-electron chi connectivity index (χ1n) is 7.44. The van der Waals surface area contributed by atoms with Crippen molar-refractivity contribution in [2.75, 3.05) is 0 Å². The predicted octanol–water partition coefficient (Wildman–Crippen LogP) is 4.02. The Balaban J connectivity index is 2.24. The molecule has 0 radical (unpaired) electrons. The van der Waals surface area contributed by atoms with Gasteiger partial charge in [-0.25, -0.2) is 0 Å². The monoisotopic (exact) mass is 287 g/mol. The van der Waals surface area contributed by atoms with E-state index in [-0.39, 0.29) is 12.1 Å². The Morgan fingerprint density at radius 1 is 0.952 bits per heavy atom. The van der Waals surface area contributed by atoms with E-state index >= 15 is 0 Å². The van der Waals surface area contributed by atoms with Gasteiger partial charge in [0, 0.05) is 29.0 Å². The minimum absolute atomic E-state index is 0.186. The van der Waals surface area contributed by atoms with Gasteiger partial charge in [0.05, 0.1) is 5.69 Å². The lowest BCUT2D eigenvalue weighted by Crippen LogP contribution is -2.25. The van der Waals surface area contributed by atoms with E-state index in [1.807, 2.05) is 20.8 Å². The van der Waals surface area contributed by atoms with Crippen LogP contribution in [0.5, 0.6) is 0 Å². The SMILES string of the molecule is Cc1cc(C)c(C(C)NC(C)c2c(C)noc2C)c(C)n1. The van der Waals surface area contributed by atoms with Gasteiger partial charge in [-0.15, -0.1) is 0 Å². The van der Waals surface area contributed by atoms with Gasteiger partial charge in [-0.1, -0.05) is 5.16 Å². The molecule has 2 aromatic rings. The van der Waals surface area contributed by atoms with Crippen molar-refractivity contribution in [3.63, 3.8) is 0 Å². The van der Waals surface area contributed by atoms with Crippen molar-refractivity contribution in [3.8, 4) is 0 Å². The van der Waals surface area contributed by atoms with Crippen molar-refractivity contribution >= 4 is 0 Å². The molecule has 2 unspecified atom stereocenters. The fraction of sp³-hybridized carbons (Fsp3) is 0.529. The molecule has 2 rings (SSSR count). The van der Waals surface area contributed by atoms with E-state index in [1.165, 1.54) is 11.1 Å². The van der Waals surface area contributed by atoms with Crippen LogP contribution >= 0.6 is 0 Å². The van der Waals surface area contributed by atoms with Crippen LogP contribution in [0.2, 0.25) is 0 Å². The van der Waals surface area contributed by atoms with E-state index in [0.717, 1.165) is 28.4 Å². The summed E-state index contributed by atoms with van der Waals surface area (Å²) >= 11 is 0. The van der Waals surface area contributed by atoms with Crippen molar-refractivity contribution in [1.82, 2.24) is 15.5 Å². The summed E-state index contributed by atoms with van der Waals surface area (Å²) in [7, 11) is 0. The average Bonchev–Trinajstić information content (AvgIpc) is 2.67. The maximum Gasteiger partial charge on any atom is 0.138 e. The molecule has 0 fully saturated rings. The van der Waals surface area contributed by atoms with E-state index in [0.29, 0.717) is 0 Å². The van der Waals surface area contributed by atoms with Gasteiger partial charge in [-0.2, -0.15) is 0 Å². The summed E-state index contributed by atoms with van der Waals surface area (Å²) < 4.78 is 5.26. The summed E-state index contributed by atoms with van der Waals surface area (Å²) in [6.45, 7) is 14.5. The number of aromatic nitrogens is 2. The molecule has 2 atom stereocenters. The van der Waals surface area contributed by atoms with Crippen molar-refractivity contribution in [1.29, 1.82) is 0 Å². The first-order chi connectivity index (χ1) is 9.81. The van der Waals surface area contributed by atoms with Crippen molar-refractivity contribution < 1.29 is 4.52 Å². The van der Waals surface area contributed by atoms with Gasteiger partial charge in [0.15, 0.2) is 0 Å². The highest BCUT2D eigenvalue weighted by Crippen LogP contribution is 2.27. The molecule has 0 saturated carbocycles. The second-order valence-corrected chi connectivity index (χ2v) is 5.93. The molecule has 2 aromatic heterocycles. The lowest BCUT2D eigenvalue weighted by molar-refractivity contribution is 0.389. The van der Waals surface area contributed by atoms with Gasteiger partial charge in [0.25, 0.3) is 0 Å². The smallest absolute Gasteiger partial charge is 0.138 e. The topological polar surface area (TPSA) is 51.0 Å². The third-order valence-corrected chi connectivity index (χ3v) is 4.04. The summed E-state index contributed by atoms with van der Waals surface area (Å²) in [5.74, 6) is 0.884. The molecule has 0 bridgehead atoms. The van der Waals surface area contributed by atoms with Gasteiger partial charge in [-0.05, 0) is 65.7 Å². The maximum absolute atomic E-state index is 5.26. The zero-order chi connectivity index (χ0) is 15.7. The Kier molecular flexibility index (Phi) is 4.47. The summed E-state index contributed by atoms with van der Waals surface area (Å²) in [5.41, 5.74) is 6.83. The van der Waals surface area contributed by atoms with Crippen LogP contribution in [0.4, 0.5) is 0 Å². The molecule has 114 valence electrons. The molecule has 4 nitrogen and oxygen atoms in total. The van der Waals surface area contributed by atoms with E-state index < -0.39 is 0 Å². The molecule has 4 heteroatoms. The Hall–Kier alpha value is -1.68. The number of hydrogen-bond donors (Lipinski definition) is 1. The second-order valence-electron chi connectivity index (χ2n) is 5.93. The third-order valence-electron chi connectivity index (χ3n) is 4.04. The van der Waals surface area contributed by atoms with Crippen LogP contribution in [0.25, 0.3) is 0 Å². The lowest BCUT2D eigenvalue weighted by atomic mass is 9.98. The molecule has 21 heavy (non-hydrogen) atoms. The van der Waals surface area contributed by atoms with Crippen LogP contribution in [0.3, 0.4) is 0 Å². The molecular formula is C17H25N3O. The molecule has 2 heterocycles. The minimum atomic E-state index is 0.186. The van der Waals surface area contributed by atoms with Crippen LogP contribution in [0, 0.1) is 34.6 Å². The van der Waals surface area contributed by atoms with Crippen LogP contribution in [0.15, 0.2) is 10.6 Å². The number of nitrogens with zero attached hydrogens (tertiary/aromatic N) is 2. The van der Waals surface area contributed by atoms with E-state index in [2.05, 4.69) is 49.2 Å². The highest BCUT2D eigenvalue weighted by Gasteiger charge is 2.20. The van der Waals surface area contributed by atoms with Crippen LogP contribution in [-0.2, 0) is 0 Å². The molecule has 0 spiro atoms. The predicted molar refractivity (Wildman–Crippen MR) is 84.4 cm³/mol. The number of hydrogen-bond acceptors (Lipinski definition) is 4. The Morgan fingerprint density at radius 3 is 2.10 bits per heavy atom. The zero-order valence-electron chi connectivity index (χ0n) is 14.0. The summed E-state index contributed by atoms with van der Waals surface area (Å²) in [5, 5.41) is 7.68. The van der Waals surface area contributed by atoms with Crippen molar-refractivity contribution in [3.05, 3.63) is 45.6 Å². The lowest BCUT2D eigenvalue weighted by Gasteiger charge is -2.23. The molecule has 1 N–H and O–H groups in total. The average molecular weight is 287 g/mol. The Bertz CT molecular complexity index is 603. The van der Waals surface area contributed by atoms with Gasteiger partial charge >= 0.3 is 0 Å². The molecule has 0 aliphatic heterocycles. The molecule has 0 saturated heterocycles. The fourth-order valence-corrected chi connectivity index (χ4v) is 3.34. The van der Waals surface area contributed by atoms with Gasteiger partial charge in [0.2, 0.25) is 0 Å². The standard InChI is InChI=1S/C17H25N3O/c1-9-8-10(2)18-11(3)16(9)12(4)19-13(5)17-14(6)20-21-15(17)7/h8,12-13,19H,1-7H3. The first-order valence-corrected chi connectivity index (χ1v) is 7.44. The van der Waals surface area contributed by atoms with Crippen LogP contribution < -0.4 is 5.32 Å². The van der Waals surface area contributed by atoms with Gasteiger partial charge in [-0.3, -0.25) is 4.98 Å². The zero-order valence-corrected chi connectivity index (χ0v) is 14.0. The van der Waals surface area contributed by atoms with Crippen LogP contribution in [0.1, 0.15) is 65.5 Å². The fourth-order valence-electron chi connectivity index (χ4n) is 3.34. The van der Waals surface area contributed by atoms with E-state index in [4.69, 9.17) is 4.52 Å². The summed E-state index contributed by atoms with van der Waals surface area (Å²) in [6.07, 6.45) is 0. The molecule has 0 aliphatic carbocycles. The van der Waals surface area contributed by atoms with Gasteiger partial charge in [0.1, 0.15) is 5.76 Å². The Labute approximate surface area is 127 Å². The van der Waals surface area contributed by atoms with E-state index in [9.17, 15) is 0 Å². The number of aryl methyl sites for hydroxylation is 5. The normalized spacial score (nSPS) is 14.2. The molecular weight excluding hydrogens is 262 g/mol. The number of pyridine rings is 1. The first kappa shape index (κ1) is 15.7. The molecule has 0 amide bonds. The maximum atomic E-state index is 5.26. The molecule has 0 aromatic carbocycles. The largest absolute Gasteiger partial charge is 0.361 e. The van der Waals surface area contributed by atoms with E-state index in [1.54, 1.807) is 0 Å². The second kappa shape index (κ2) is 5.98. The van der Waals surface area contributed by atoms with Crippen LogP contribution in [-0.4, -0.2) is 10.1 Å². The van der Waals surface area contributed by atoms with Gasteiger partial charge < -0.3 is 9.84 Å². The minimum Gasteiger partial charge on any atom is -0.361 e. The number of rotatable bonds is 4. The van der Waals surface area contributed by atoms with Crippen molar-refractivity contribution in [2.45, 2.75) is 60.5 Å².